The summed E-state index contributed by atoms with van der Waals surface area (Å²) < 4.78 is 26.9. The van der Waals surface area contributed by atoms with E-state index >= 15 is 0 Å². The molecule has 0 radical (unpaired) electrons. The normalized spacial score (nSPS) is 13.2. The number of hydrogen-bond acceptors (Lipinski definition) is 1. The molecule has 2 rings (SSSR count). The van der Waals surface area contributed by atoms with Crippen LogP contribution in [0.4, 0.5) is 8.78 Å². The highest BCUT2D eigenvalue weighted by atomic mass is 19.1. The second-order valence-electron chi connectivity index (χ2n) is 6.75. The zero-order valence-electron chi connectivity index (χ0n) is 13.4. The quantitative estimate of drug-likeness (QED) is 0.881. The molecule has 2 aromatic rings. The van der Waals surface area contributed by atoms with Crippen LogP contribution in [-0.2, 0) is 11.8 Å². The summed E-state index contributed by atoms with van der Waals surface area (Å²) in [4.78, 5) is 0. The van der Waals surface area contributed by atoms with Gasteiger partial charge in [-0.2, -0.15) is 0 Å². The monoisotopic (exact) mass is 303 g/mol. The fourth-order valence-corrected chi connectivity index (χ4v) is 2.58. The maximum absolute atomic E-state index is 13.9. The Labute approximate surface area is 131 Å². The zero-order valence-corrected chi connectivity index (χ0v) is 13.4. The molecule has 1 atom stereocenters. The summed E-state index contributed by atoms with van der Waals surface area (Å²) in [5.74, 6) is -1.24. The number of halogens is 2. The lowest BCUT2D eigenvalue weighted by atomic mass is 9.85. The molecule has 0 spiro atoms. The van der Waals surface area contributed by atoms with E-state index in [2.05, 4.69) is 45.0 Å². The van der Waals surface area contributed by atoms with E-state index in [1.807, 2.05) is 0 Å². The van der Waals surface area contributed by atoms with Crippen molar-refractivity contribution in [3.8, 4) is 0 Å². The Kier molecular flexibility index (Phi) is 4.97. The first-order valence-electron chi connectivity index (χ1n) is 7.55. The van der Waals surface area contributed by atoms with Crippen molar-refractivity contribution in [3.63, 3.8) is 0 Å². The van der Waals surface area contributed by atoms with Crippen LogP contribution in [0.3, 0.4) is 0 Å². The van der Waals surface area contributed by atoms with Gasteiger partial charge in [-0.25, -0.2) is 8.78 Å². The van der Waals surface area contributed by atoms with E-state index in [4.69, 9.17) is 5.73 Å². The predicted octanol–water partition coefficient (Wildman–Crippen LogP) is 4.55. The van der Waals surface area contributed by atoms with Crippen molar-refractivity contribution in [2.45, 2.75) is 38.5 Å². The van der Waals surface area contributed by atoms with E-state index in [0.717, 1.165) is 11.6 Å². The molecular weight excluding hydrogens is 280 g/mol. The lowest BCUT2D eigenvalue weighted by molar-refractivity contribution is 0.551. The minimum absolute atomic E-state index is 0.106. The molecule has 0 aliphatic rings. The number of nitrogens with two attached hydrogens (primary N) is 1. The van der Waals surface area contributed by atoms with Crippen molar-refractivity contribution in [3.05, 3.63) is 70.8 Å². The molecule has 22 heavy (non-hydrogen) atoms. The van der Waals surface area contributed by atoms with Gasteiger partial charge in [0.2, 0.25) is 0 Å². The Hall–Kier alpha value is -1.74. The first-order valence-corrected chi connectivity index (χ1v) is 7.55. The third-order valence-electron chi connectivity index (χ3n) is 3.99. The van der Waals surface area contributed by atoms with Crippen molar-refractivity contribution < 1.29 is 8.78 Å². The van der Waals surface area contributed by atoms with E-state index in [1.54, 1.807) is 0 Å². The van der Waals surface area contributed by atoms with Gasteiger partial charge >= 0.3 is 0 Å². The van der Waals surface area contributed by atoms with E-state index in [0.29, 0.717) is 18.5 Å². The Morgan fingerprint density at radius 1 is 1.00 bits per heavy atom. The molecule has 0 bridgehead atoms. The molecule has 0 saturated heterocycles. The highest BCUT2D eigenvalue weighted by Crippen LogP contribution is 2.26. The molecule has 118 valence electrons. The molecule has 3 heteroatoms. The molecule has 0 saturated carbocycles. The van der Waals surface area contributed by atoms with Crippen LogP contribution in [0.1, 0.15) is 43.4 Å². The first kappa shape index (κ1) is 16.6. The van der Waals surface area contributed by atoms with Gasteiger partial charge in [0.1, 0.15) is 11.6 Å². The second kappa shape index (κ2) is 6.57. The van der Waals surface area contributed by atoms with Crippen LogP contribution >= 0.6 is 0 Å². The fraction of sp³-hybridized carbons (Fsp3) is 0.368. The van der Waals surface area contributed by atoms with Gasteiger partial charge in [0.15, 0.2) is 0 Å². The maximum Gasteiger partial charge on any atom is 0.129 e. The van der Waals surface area contributed by atoms with Gasteiger partial charge in [0, 0.05) is 12.0 Å². The summed E-state index contributed by atoms with van der Waals surface area (Å²) in [6.07, 6.45) is 0.642. The number of hydrogen-bond donors (Lipinski definition) is 1. The van der Waals surface area contributed by atoms with Gasteiger partial charge < -0.3 is 5.73 Å². The van der Waals surface area contributed by atoms with Crippen LogP contribution in [-0.4, -0.2) is 6.54 Å². The number of benzene rings is 2. The van der Waals surface area contributed by atoms with Crippen LogP contribution in [0.15, 0.2) is 42.5 Å². The summed E-state index contributed by atoms with van der Waals surface area (Å²) in [7, 11) is 0. The van der Waals surface area contributed by atoms with Gasteiger partial charge in [-0.1, -0.05) is 51.1 Å². The molecule has 0 aliphatic heterocycles. The second-order valence-corrected chi connectivity index (χ2v) is 6.75. The summed E-state index contributed by atoms with van der Waals surface area (Å²) in [5.41, 5.74) is 8.74. The molecule has 2 N–H and O–H groups in total. The van der Waals surface area contributed by atoms with E-state index in [1.165, 1.54) is 17.7 Å². The molecule has 1 nitrogen and oxygen atoms in total. The standard InChI is InChI=1S/C19H23F2N/c1-19(2,3)15-6-4-13(5-7-15)10-14(12-22)17-9-8-16(20)11-18(17)21/h4-9,11,14H,10,12,22H2,1-3H3. The van der Waals surface area contributed by atoms with Crippen molar-refractivity contribution in [1.29, 1.82) is 0 Å². The molecule has 0 amide bonds. The van der Waals surface area contributed by atoms with E-state index in [9.17, 15) is 8.78 Å². The van der Waals surface area contributed by atoms with Crippen molar-refractivity contribution in [2.24, 2.45) is 5.73 Å². The largest absolute Gasteiger partial charge is 0.330 e. The van der Waals surface area contributed by atoms with Crippen molar-refractivity contribution in [2.75, 3.05) is 6.54 Å². The van der Waals surface area contributed by atoms with Crippen molar-refractivity contribution in [1.82, 2.24) is 0 Å². The summed E-state index contributed by atoms with van der Waals surface area (Å²) >= 11 is 0. The lowest BCUT2D eigenvalue weighted by Crippen LogP contribution is -2.17. The molecule has 0 fully saturated rings. The van der Waals surface area contributed by atoms with Crippen LogP contribution in [0.2, 0.25) is 0 Å². The van der Waals surface area contributed by atoms with Gasteiger partial charge in [0.25, 0.3) is 0 Å². The molecule has 0 aromatic heterocycles. The molecule has 0 aliphatic carbocycles. The zero-order chi connectivity index (χ0) is 16.3. The maximum atomic E-state index is 13.9. The van der Waals surface area contributed by atoms with Gasteiger partial charge in [-0.15, -0.1) is 0 Å². The van der Waals surface area contributed by atoms with E-state index in [-0.39, 0.29) is 11.3 Å². The van der Waals surface area contributed by atoms with E-state index < -0.39 is 11.6 Å². The molecular formula is C19H23F2N. The topological polar surface area (TPSA) is 26.0 Å². The third-order valence-corrected chi connectivity index (χ3v) is 3.99. The Morgan fingerprint density at radius 2 is 1.64 bits per heavy atom. The predicted molar refractivity (Wildman–Crippen MR) is 87.0 cm³/mol. The van der Waals surface area contributed by atoms with Crippen LogP contribution in [0.5, 0.6) is 0 Å². The highest BCUT2D eigenvalue weighted by molar-refractivity contribution is 5.30. The minimum Gasteiger partial charge on any atom is -0.330 e. The SMILES string of the molecule is CC(C)(C)c1ccc(CC(CN)c2ccc(F)cc2F)cc1. The van der Waals surface area contributed by atoms with Gasteiger partial charge in [-0.3, -0.25) is 0 Å². The van der Waals surface area contributed by atoms with Crippen LogP contribution in [0, 0.1) is 11.6 Å². The van der Waals surface area contributed by atoms with Crippen LogP contribution < -0.4 is 5.73 Å². The first-order chi connectivity index (χ1) is 10.3. The summed E-state index contributed by atoms with van der Waals surface area (Å²) in [6, 6.07) is 12.0. The smallest absolute Gasteiger partial charge is 0.129 e. The van der Waals surface area contributed by atoms with Gasteiger partial charge in [-0.05, 0) is 41.1 Å². The third kappa shape index (κ3) is 3.92. The summed E-state index contributed by atoms with van der Waals surface area (Å²) in [6.45, 7) is 6.82. The van der Waals surface area contributed by atoms with Crippen molar-refractivity contribution >= 4 is 0 Å². The molecule has 1 unspecified atom stereocenters. The Balaban J connectivity index is 2.20. The molecule has 2 aromatic carbocycles. The lowest BCUT2D eigenvalue weighted by Gasteiger charge is -2.20. The van der Waals surface area contributed by atoms with Gasteiger partial charge in [0.05, 0.1) is 0 Å². The summed E-state index contributed by atoms with van der Waals surface area (Å²) in [5, 5.41) is 0. The average Bonchev–Trinajstić information content (AvgIpc) is 2.45. The Morgan fingerprint density at radius 3 is 2.14 bits per heavy atom. The minimum atomic E-state index is -0.563. The van der Waals surface area contributed by atoms with Crippen LogP contribution in [0.25, 0.3) is 0 Å². The highest BCUT2D eigenvalue weighted by Gasteiger charge is 2.17. The molecule has 0 heterocycles. The number of rotatable bonds is 4. The fourth-order valence-electron chi connectivity index (χ4n) is 2.58. The Bertz CT molecular complexity index is 627. The average molecular weight is 303 g/mol.